The molecule has 28 heavy (non-hydrogen) atoms. The lowest BCUT2D eigenvalue weighted by Gasteiger charge is -2.13. The highest BCUT2D eigenvalue weighted by atomic mass is 19.4. The Morgan fingerprint density at radius 3 is 2.57 bits per heavy atom. The first-order valence-corrected chi connectivity index (χ1v) is 8.34. The predicted octanol–water partition coefficient (Wildman–Crippen LogP) is 4.51. The normalized spacial score (nSPS) is 11.3. The number of amides is 1. The van der Waals surface area contributed by atoms with E-state index in [1.54, 1.807) is 0 Å². The zero-order valence-electron chi connectivity index (χ0n) is 14.8. The number of rotatable bonds is 6. The number of halogens is 3. The maximum Gasteiger partial charge on any atom is 0.573 e. The van der Waals surface area contributed by atoms with Crippen molar-refractivity contribution >= 4 is 11.6 Å². The van der Waals surface area contributed by atoms with E-state index in [0.717, 1.165) is 17.2 Å². The first kappa shape index (κ1) is 19.4. The van der Waals surface area contributed by atoms with Gasteiger partial charge >= 0.3 is 6.36 Å². The largest absolute Gasteiger partial charge is 0.573 e. The summed E-state index contributed by atoms with van der Waals surface area (Å²) in [6, 6.07) is 12.9. The summed E-state index contributed by atoms with van der Waals surface area (Å²) >= 11 is 0. The van der Waals surface area contributed by atoms with Gasteiger partial charge in [0.25, 0.3) is 0 Å². The summed E-state index contributed by atoms with van der Waals surface area (Å²) in [5.74, 6) is -0.332. The molecule has 0 unspecified atom stereocenters. The van der Waals surface area contributed by atoms with Crippen molar-refractivity contribution in [3.63, 3.8) is 0 Å². The second-order valence-electron chi connectivity index (χ2n) is 5.97. The summed E-state index contributed by atoms with van der Waals surface area (Å²) in [5, 5.41) is 6.26. The molecule has 3 rings (SSSR count). The van der Waals surface area contributed by atoms with Gasteiger partial charge in [0.1, 0.15) is 0 Å². The third kappa shape index (κ3) is 5.32. The number of anilines is 1. The maximum absolute atomic E-state index is 12.4. The Labute approximate surface area is 158 Å². The second-order valence-corrected chi connectivity index (χ2v) is 5.97. The molecule has 3 aromatic rings. The molecule has 0 spiro atoms. The van der Waals surface area contributed by atoms with Crippen molar-refractivity contribution in [2.24, 2.45) is 0 Å². The molecular formula is C19H16F3N3O3. The van der Waals surface area contributed by atoms with E-state index in [9.17, 15) is 18.0 Å². The Bertz CT molecular complexity index is 953. The molecule has 0 saturated carbocycles. The van der Waals surface area contributed by atoms with Crippen molar-refractivity contribution < 1.29 is 27.2 Å². The van der Waals surface area contributed by atoms with Gasteiger partial charge in [-0.25, -0.2) is 0 Å². The Morgan fingerprint density at radius 1 is 1.14 bits per heavy atom. The van der Waals surface area contributed by atoms with E-state index in [1.165, 1.54) is 18.2 Å². The molecule has 0 aliphatic heterocycles. The van der Waals surface area contributed by atoms with Gasteiger partial charge in [0.05, 0.1) is 5.69 Å². The molecule has 1 aromatic heterocycles. The van der Waals surface area contributed by atoms with Gasteiger partial charge in [0.2, 0.25) is 17.6 Å². The molecule has 1 amide bonds. The highest BCUT2D eigenvalue weighted by Crippen LogP contribution is 2.30. The lowest BCUT2D eigenvalue weighted by atomic mass is 10.1. The van der Waals surface area contributed by atoms with Crippen LogP contribution in [-0.2, 0) is 11.2 Å². The Hall–Kier alpha value is -3.36. The van der Waals surface area contributed by atoms with Crippen LogP contribution in [0.3, 0.4) is 0 Å². The van der Waals surface area contributed by atoms with Crippen LogP contribution in [0, 0.1) is 6.92 Å². The lowest BCUT2D eigenvalue weighted by Crippen LogP contribution is -2.19. The van der Waals surface area contributed by atoms with E-state index in [-0.39, 0.29) is 24.4 Å². The maximum atomic E-state index is 12.4. The number of aromatic nitrogens is 2. The average Bonchev–Trinajstić information content (AvgIpc) is 3.10. The van der Waals surface area contributed by atoms with Crippen molar-refractivity contribution in [2.45, 2.75) is 26.1 Å². The van der Waals surface area contributed by atoms with E-state index in [4.69, 9.17) is 4.52 Å². The number of para-hydroxylation sites is 2. The van der Waals surface area contributed by atoms with Crippen LogP contribution in [0.5, 0.6) is 5.75 Å². The Balaban J connectivity index is 1.59. The van der Waals surface area contributed by atoms with Gasteiger partial charge in [0.15, 0.2) is 5.75 Å². The van der Waals surface area contributed by atoms with Gasteiger partial charge in [0, 0.05) is 18.4 Å². The summed E-state index contributed by atoms with van der Waals surface area (Å²) in [7, 11) is 0. The van der Waals surface area contributed by atoms with Crippen LogP contribution in [0.15, 0.2) is 53.1 Å². The van der Waals surface area contributed by atoms with Crippen molar-refractivity contribution in [3.05, 3.63) is 60.0 Å². The summed E-state index contributed by atoms with van der Waals surface area (Å²) < 4.78 is 46.3. The van der Waals surface area contributed by atoms with Crippen LogP contribution in [-0.4, -0.2) is 22.4 Å². The van der Waals surface area contributed by atoms with Gasteiger partial charge < -0.3 is 14.6 Å². The number of ether oxygens (including phenoxy) is 1. The van der Waals surface area contributed by atoms with E-state index in [1.807, 2.05) is 31.2 Å². The zero-order chi connectivity index (χ0) is 20.1. The summed E-state index contributed by atoms with van der Waals surface area (Å²) in [6.45, 7) is 1.96. The summed E-state index contributed by atoms with van der Waals surface area (Å²) in [5.41, 5.74) is 1.80. The minimum Gasteiger partial charge on any atom is -0.404 e. The van der Waals surface area contributed by atoms with Crippen molar-refractivity contribution in [1.82, 2.24) is 10.1 Å². The smallest absolute Gasteiger partial charge is 0.404 e. The minimum absolute atomic E-state index is 0.0458. The molecule has 146 valence electrons. The van der Waals surface area contributed by atoms with Gasteiger partial charge in [-0.3, -0.25) is 4.79 Å². The number of hydrogen-bond donors (Lipinski definition) is 1. The zero-order valence-corrected chi connectivity index (χ0v) is 14.8. The fourth-order valence-corrected chi connectivity index (χ4v) is 2.39. The molecule has 9 heteroatoms. The van der Waals surface area contributed by atoms with Crippen LogP contribution >= 0.6 is 0 Å². The fraction of sp³-hybridized carbons (Fsp3) is 0.211. The topological polar surface area (TPSA) is 77.2 Å². The fourth-order valence-electron chi connectivity index (χ4n) is 2.39. The molecule has 6 nitrogen and oxygen atoms in total. The Kier molecular flexibility index (Phi) is 5.62. The van der Waals surface area contributed by atoms with Gasteiger partial charge in [-0.2, -0.15) is 4.98 Å². The van der Waals surface area contributed by atoms with Gasteiger partial charge in [-0.05, 0) is 19.1 Å². The average molecular weight is 391 g/mol. The molecule has 1 heterocycles. The van der Waals surface area contributed by atoms with Crippen LogP contribution in [0.4, 0.5) is 18.9 Å². The van der Waals surface area contributed by atoms with E-state index < -0.39 is 18.0 Å². The number of aryl methyl sites for hydroxylation is 2. The quantitative estimate of drug-likeness (QED) is 0.669. The van der Waals surface area contributed by atoms with Crippen LogP contribution in [0.25, 0.3) is 11.4 Å². The van der Waals surface area contributed by atoms with Crippen molar-refractivity contribution in [1.29, 1.82) is 0 Å². The number of nitrogens with one attached hydrogen (secondary N) is 1. The first-order chi connectivity index (χ1) is 13.3. The molecule has 2 aromatic carbocycles. The number of carbonyl (C=O) groups excluding carboxylic acids is 1. The lowest BCUT2D eigenvalue weighted by molar-refractivity contribution is -0.274. The van der Waals surface area contributed by atoms with E-state index in [0.29, 0.717) is 5.82 Å². The molecule has 0 aliphatic rings. The SMILES string of the molecule is Cc1ccc(-c2noc(CCC(=O)Nc3ccccc3OC(F)(F)F)n2)cc1. The highest BCUT2D eigenvalue weighted by Gasteiger charge is 2.32. The number of alkyl halides is 3. The van der Waals surface area contributed by atoms with Crippen molar-refractivity contribution in [2.75, 3.05) is 5.32 Å². The monoisotopic (exact) mass is 391 g/mol. The molecule has 0 bridgehead atoms. The molecule has 0 fully saturated rings. The first-order valence-electron chi connectivity index (χ1n) is 8.34. The highest BCUT2D eigenvalue weighted by molar-refractivity contribution is 5.92. The predicted molar refractivity (Wildman–Crippen MR) is 94.5 cm³/mol. The number of hydrogen-bond acceptors (Lipinski definition) is 5. The number of benzene rings is 2. The van der Waals surface area contributed by atoms with E-state index in [2.05, 4.69) is 20.2 Å². The van der Waals surface area contributed by atoms with Gasteiger partial charge in [-0.15, -0.1) is 13.2 Å². The minimum atomic E-state index is -4.85. The molecule has 0 aliphatic carbocycles. The third-order valence-corrected chi connectivity index (χ3v) is 3.73. The van der Waals surface area contributed by atoms with Crippen LogP contribution < -0.4 is 10.1 Å². The van der Waals surface area contributed by atoms with Crippen molar-refractivity contribution in [3.8, 4) is 17.1 Å². The van der Waals surface area contributed by atoms with E-state index >= 15 is 0 Å². The third-order valence-electron chi connectivity index (χ3n) is 3.73. The molecule has 0 saturated heterocycles. The molecule has 0 atom stereocenters. The molecule has 0 radical (unpaired) electrons. The number of carbonyl (C=O) groups is 1. The second kappa shape index (κ2) is 8.12. The Morgan fingerprint density at radius 2 is 1.86 bits per heavy atom. The number of nitrogens with zero attached hydrogens (tertiary/aromatic N) is 2. The van der Waals surface area contributed by atoms with Gasteiger partial charge in [-0.1, -0.05) is 47.1 Å². The standard InChI is InChI=1S/C19H16F3N3O3/c1-12-6-8-13(9-7-12)18-24-17(28-25-18)11-10-16(26)23-14-4-2-3-5-15(14)27-19(20,21)22/h2-9H,10-11H2,1H3,(H,23,26). The molecule has 1 N–H and O–H groups in total. The van der Waals surface area contributed by atoms with Crippen LogP contribution in [0.2, 0.25) is 0 Å². The summed E-state index contributed by atoms with van der Waals surface area (Å²) in [6.07, 6.45) is -4.75. The summed E-state index contributed by atoms with van der Waals surface area (Å²) in [4.78, 5) is 16.3. The van der Waals surface area contributed by atoms with Crippen LogP contribution in [0.1, 0.15) is 17.9 Å². The molecular weight excluding hydrogens is 375 g/mol.